The molecule has 0 saturated carbocycles. The molecule has 1 N–H and O–H groups in total. The van der Waals surface area contributed by atoms with E-state index in [1.165, 1.54) is 6.92 Å². The summed E-state index contributed by atoms with van der Waals surface area (Å²) in [4.78, 5) is 10.5. The van der Waals surface area contributed by atoms with Gasteiger partial charge in [0.25, 0.3) is 0 Å². The van der Waals surface area contributed by atoms with Crippen molar-refractivity contribution in [2.75, 3.05) is 0 Å². The van der Waals surface area contributed by atoms with Gasteiger partial charge in [0.1, 0.15) is 11.6 Å². The van der Waals surface area contributed by atoms with E-state index >= 15 is 0 Å². The lowest BCUT2D eigenvalue weighted by Crippen LogP contribution is -2.13. The Balaban J connectivity index is 2.95. The summed E-state index contributed by atoms with van der Waals surface area (Å²) in [5.41, 5.74) is 0.0202. The fraction of sp³-hybridized carbons (Fsp3) is 0.300. The minimum Gasteiger partial charge on any atom is -0.481 e. The van der Waals surface area contributed by atoms with Gasteiger partial charge >= 0.3 is 5.97 Å². The molecule has 0 saturated heterocycles. The first-order chi connectivity index (χ1) is 6.91. The highest BCUT2D eigenvalue weighted by molar-refractivity contribution is 6.30. The van der Waals surface area contributed by atoms with Gasteiger partial charge in [0.15, 0.2) is 0 Å². The number of halogens is 3. The summed E-state index contributed by atoms with van der Waals surface area (Å²) in [6.45, 7) is 1.42. The second-order valence-corrected chi connectivity index (χ2v) is 3.71. The molecule has 0 heterocycles. The van der Waals surface area contributed by atoms with Crippen LogP contribution in [0.4, 0.5) is 8.78 Å². The van der Waals surface area contributed by atoms with Gasteiger partial charge in [-0.25, -0.2) is 8.78 Å². The molecular formula is C10H9ClF2O2. The number of benzene rings is 1. The van der Waals surface area contributed by atoms with Crippen molar-refractivity contribution in [3.05, 3.63) is 34.4 Å². The van der Waals surface area contributed by atoms with Gasteiger partial charge in [0.05, 0.1) is 10.9 Å². The van der Waals surface area contributed by atoms with Crippen LogP contribution >= 0.6 is 11.6 Å². The van der Waals surface area contributed by atoms with Gasteiger partial charge in [-0.1, -0.05) is 18.5 Å². The summed E-state index contributed by atoms with van der Waals surface area (Å²) in [5.74, 6) is -3.25. The lowest BCUT2D eigenvalue weighted by molar-refractivity contribution is -0.141. The highest BCUT2D eigenvalue weighted by Gasteiger charge is 2.16. The van der Waals surface area contributed by atoms with Gasteiger partial charge in [-0.05, 0) is 24.1 Å². The van der Waals surface area contributed by atoms with Crippen LogP contribution in [-0.2, 0) is 11.2 Å². The molecule has 1 aromatic carbocycles. The largest absolute Gasteiger partial charge is 0.481 e. The second-order valence-electron chi connectivity index (χ2n) is 3.30. The maximum atomic E-state index is 13.2. The number of aliphatic carboxylic acids is 1. The summed E-state index contributed by atoms with van der Waals surface area (Å²) in [7, 11) is 0. The maximum absolute atomic E-state index is 13.2. The van der Waals surface area contributed by atoms with Gasteiger partial charge in [-0.2, -0.15) is 0 Å². The van der Waals surface area contributed by atoms with Gasteiger partial charge in [-0.3, -0.25) is 4.79 Å². The Morgan fingerprint density at radius 2 is 2.07 bits per heavy atom. The predicted octanol–water partition coefficient (Wildman–Crippen LogP) is 2.88. The molecular weight excluding hydrogens is 226 g/mol. The molecule has 15 heavy (non-hydrogen) atoms. The zero-order chi connectivity index (χ0) is 11.6. The molecule has 0 radical (unpaired) electrons. The Bertz CT molecular complexity index is 393. The van der Waals surface area contributed by atoms with Crippen LogP contribution in [0.2, 0.25) is 5.02 Å². The van der Waals surface area contributed by atoms with Gasteiger partial charge in [0.2, 0.25) is 0 Å². The van der Waals surface area contributed by atoms with Crippen molar-refractivity contribution in [2.45, 2.75) is 13.3 Å². The number of carboxylic acids is 1. The lowest BCUT2D eigenvalue weighted by atomic mass is 10.0. The normalized spacial score (nSPS) is 12.5. The van der Waals surface area contributed by atoms with Gasteiger partial charge in [-0.15, -0.1) is 0 Å². The van der Waals surface area contributed by atoms with Crippen LogP contribution in [0.1, 0.15) is 12.5 Å². The molecule has 0 aliphatic carbocycles. The molecule has 2 nitrogen and oxygen atoms in total. The van der Waals surface area contributed by atoms with Crippen LogP contribution in [0, 0.1) is 17.6 Å². The molecule has 1 rings (SSSR count). The standard InChI is InChI=1S/C10H9ClF2O2/c1-5(10(14)15)2-6-3-9(13)7(11)4-8(6)12/h3-5H,2H2,1H3,(H,14,15). The van der Waals surface area contributed by atoms with E-state index < -0.39 is 23.5 Å². The average Bonchev–Trinajstić information content (AvgIpc) is 2.13. The van der Waals surface area contributed by atoms with E-state index in [0.29, 0.717) is 0 Å². The van der Waals surface area contributed by atoms with Crippen LogP contribution in [0.5, 0.6) is 0 Å². The van der Waals surface area contributed by atoms with Crippen LogP contribution in [-0.4, -0.2) is 11.1 Å². The second kappa shape index (κ2) is 4.57. The Morgan fingerprint density at radius 3 is 2.60 bits per heavy atom. The zero-order valence-electron chi connectivity index (χ0n) is 7.93. The average molecular weight is 235 g/mol. The van der Waals surface area contributed by atoms with Crippen LogP contribution in [0.25, 0.3) is 0 Å². The first kappa shape index (κ1) is 11.9. The Hall–Kier alpha value is -1.16. The molecule has 0 aliphatic rings. The van der Waals surface area contributed by atoms with Crippen molar-refractivity contribution in [3.8, 4) is 0 Å². The first-order valence-corrected chi connectivity index (χ1v) is 4.66. The van der Waals surface area contributed by atoms with E-state index in [9.17, 15) is 13.6 Å². The molecule has 0 amide bonds. The molecule has 1 atom stereocenters. The molecule has 0 bridgehead atoms. The summed E-state index contributed by atoms with van der Waals surface area (Å²) in [5, 5.41) is 8.31. The Morgan fingerprint density at radius 1 is 1.47 bits per heavy atom. The zero-order valence-corrected chi connectivity index (χ0v) is 8.68. The number of hydrogen-bond donors (Lipinski definition) is 1. The highest BCUT2D eigenvalue weighted by atomic mass is 35.5. The van der Waals surface area contributed by atoms with E-state index in [4.69, 9.17) is 16.7 Å². The van der Waals surface area contributed by atoms with E-state index in [0.717, 1.165) is 12.1 Å². The van der Waals surface area contributed by atoms with Crippen molar-refractivity contribution in [2.24, 2.45) is 5.92 Å². The van der Waals surface area contributed by atoms with Crippen molar-refractivity contribution in [1.29, 1.82) is 0 Å². The van der Waals surface area contributed by atoms with E-state index in [1.54, 1.807) is 0 Å². The molecule has 82 valence electrons. The topological polar surface area (TPSA) is 37.3 Å². The van der Waals surface area contributed by atoms with E-state index in [-0.39, 0.29) is 17.0 Å². The molecule has 5 heteroatoms. The third-order valence-electron chi connectivity index (χ3n) is 2.04. The van der Waals surface area contributed by atoms with Gasteiger partial charge in [0, 0.05) is 0 Å². The molecule has 0 aliphatic heterocycles. The van der Waals surface area contributed by atoms with E-state index in [1.807, 2.05) is 0 Å². The molecule has 1 aromatic rings. The SMILES string of the molecule is CC(Cc1cc(F)c(Cl)cc1F)C(=O)O. The minimum atomic E-state index is -1.05. The number of rotatable bonds is 3. The molecule has 0 aromatic heterocycles. The van der Waals surface area contributed by atoms with Crippen LogP contribution in [0.3, 0.4) is 0 Å². The summed E-state index contributed by atoms with van der Waals surface area (Å²) < 4.78 is 26.2. The Kier molecular flexibility index (Phi) is 3.63. The predicted molar refractivity (Wildman–Crippen MR) is 51.9 cm³/mol. The minimum absolute atomic E-state index is 0.0202. The van der Waals surface area contributed by atoms with Crippen molar-refractivity contribution in [1.82, 2.24) is 0 Å². The van der Waals surface area contributed by atoms with E-state index in [2.05, 4.69) is 0 Å². The van der Waals surface area contributed by atoms with Crippen molar-refractivity contribution >= 4 is 17.6 Å². The number of carboxylic acid groups (broad SMARTS) is 1. The highest BCUT2D eigenvalue weighted by Crippen LogP contribution is 2.21. The van der Waals surface area contributed by atoms with Crippen LogP contribution < -0.4 is 0 Å². The summed E-state index contributed by atoms with van der Waals surface area (Å²) in [6.07, 6.45) is -0.0603. The molecule has 1 unspecified atom stereocenters. The Labute approximate surface area is 90.5 Å². The van der Waals surface area contributed by atoms with Crippen molar-refractivity contribution < 1.29 is 18.7 Å². The first-order valence-electron chi connectivity index (χ1n) is 4.28. The monoisotopic (exact) mass is 234 g/mol. The quantitative estimate of drug-likeness (QED) is 0.817. The van der Waals surface area contributed by atoms with Crippen LogP contribution in [0.15, 0.2) is 12.1 Å². The maximum Gasteiger partial charge on any atom is 0.306 e. The van der Waals surface area contributed by atoms with Crippen molar-refractivity contribution in [3.63, 3.8) is 0 Å². The number of carbonyl (C=O) groups is 1. The molecule has 0 fully saturated rings. The van der Waals surface area contributed by atoms with Gasteiger partial charge < -0.3 is 5.11 Å². The molecule has 0 spiro atoms. The summed E-state index contributed by atoms with van der Waals surface area (Å²) in [6, 6.07) is 1.78. The lowest BCUT2D eigenvalue weighted by Gasteiger charge is -2.07. The number of hydrogen-bond acceptors (Lipinski definition) is 1. The third-order valence-corrected chi connectivity index (χ3v) is 2.33. The summed E-state index contributed by atoms with van der Waals surface area (Å²) >= 11 is 5.35. The fourth-order valence-corrected chi connectivity index (χ4v) is 1.29. The third kappa shape index (κ3) is 2.89. The smallest absolute Gasteiger partial charge is 0.306 e. The fourth-order valence-electron chi connectivity index (χ4n) is 1.14.